The largest absolute Gasteiger partial charge is 0.398 e. The van der Waals surface area contributed by atoms with Crippen molar-refractivity contribution in [3.05, 3.63) is 48.7 Å². The van der Waals surface area contributed by atoms with Gasteiger partial charge in [0.1, 0.15) is 11.0 Å². The first-order chi connectivity index (χ1) is 12.1. The number of aromatic nitrogens is 5. The first-order valence-electron chi connectivity index (χ1n) is 7.33. The molecule has 2 aromatic carbocycles. The Balaban J connectivity index is 2.02. The van der Waals surface area contributed by atoms with Gasteiger partial charge in [-0.25, -0.2) is 9.35 Å². The molecular formula is C16H13N7OS. The van der Waals surface area contributed by atoms with Crippen molar-refractivity contribution in [1.82, 2.24) is 25.6 Å². The van der Waals surface area contributed by atoms with Crippen LogP contribution >= 0.6 is 0 Å². The normalized spacial score (nSPS) is 12.4. The zero-order valence-electron chi connectivity index (χ0n) is 12.9. The SMILES string of the molecule is Nc1ccnc2ccc(-c3cccc(S(N)=O)c3-c3nn[nH]n3)cc12. The van der Waals surface area contributed by atoms with Gasteiger partial charge >= 0.3 is 0 Å². The van der Waals surface area contributed by atoms with E-state index in [1.54, 1.807) is 24.4 Å². The summed E-state index contributed by atoms with van der Waals surface area (Å²) in [6, 6.07) is 12.8. The summed E-state index contributed by atoms with van der Waals surface area (Å²) >= 11 is 0. The Morgan fingerprint density at radius 1 is 1.12 bits per heavy atom. The molecule has 4 rings (SSSR count). The van der Waals surface area contributed by atoms with Crippen molar-refractivity contribution in [3.63, 3.8) is 0 Å². The fourth-order valence-corrected chi connectivity index (χ4v) is 3.39. The van der Waals surface area contributed by atoms with E-state index in [-0.39, 0.29) is 0 Å². The first kappa shape index (κ1) is 15.4. The van der Waals surface area contributed by atoms with E-state index in [2.05, 4.69) is 25.6 Å². The molecule has 9 heteroatoms. The third-order valence-electron chi connectivity index (χ3n) is 3.90. The lowest BCUT2D eigenvalue weighted by atomic mass is 9.97. The Hall–Kier alpha value is -3.17. The molecule has 0 fully saturated rings. The maximum Gasteiger partial charge on any atom is 0.206 e. The Morgan fingerprint density at radius 2 is 2.00 bits per heavy atom. The van der Waals surface area contributed by atoms with Crippen LogP contribution in [0.1, 0.15) is 0 Å². The number of hydrogen-bond donors (Lipinski definition) is 3. The maximum absolute atomic E-state index is 12.0. The third kappa shape index (κ3) is 2.65. The fraction of sp³-hybridized carbons (Fsp3) is 0. The highest BCUT2D eigenvalue weighted by atomic mass is 32.2. The van der Waals surface area contributed by atoms with E-state index in [0.717, 1.165) is 22.0 Å². The average Bonchev–Trinajstić information content (AvgIpc) is 3.15. The van der Waals surface area contributed by atoms with Gasteiger partial charge in [0.15, 0.2) is 0 Å². The van der Waals surface area contributed by atoms with Crippen LogP contribution in [0.4, 0.5) is 5.69 Å². The summed E-state index contributed by atoms with van der Waals surface area (Å²) < 4.78 is 12.0. The van der Waals surface area contributed by atoms with Crippen LogP contribution in [0.5, 0.6) is 0 Å². The van der Waals surface area contributed by atoms with Crippen LogP contribution in [-0.2, 0) is 11.0 Å². The quantitative estimate of drug-likeness (QED) is 0.513. The minimum atomic E-state index is -1.70. The lowest BCUT2D eigenvalue weighted by molar-refractivity contribution is 0.684. The summed E-state index contributed by atoms with van der Waals surface area (Å²) in [6.45, 7) is 0. The van der Waals surface area contributed by atoms with E-state index < -0.39 is 11.0 Å². The Morgan fingerprint density at radius 3 is 2.76 bits per heavy atom. The minimum Gasteiger partial charge on any atom is -0.398 e. The van der Waals surface area contributed by atoms with Gasteiger partial charge in [0.2, 0.25) is 5.82 Å². The molecule has 0 radical (unpaired) electrons. The van der Waals surface area contributed by atoms with Crippen LogP contribution < -0.4 is 10.9 Å². The van der Waals surface area contributed by atoms with Gasteiger partial charge < -0.3 is 5.73 Å². The molecule has 1 unspecified atom stereocenters. The number of pyridine rings is 1. The molecule has 0 aliphatic rings. The number of anilines is 1. The van der Waals surface area contributed by atoms with Crippen molar-refractivity contribution in [2.24, 2.45) is 5.14 Å². The highest BCUT2D eigenvalue weighted by Gasteiger charge is 2.18. The number of H-pyrrole nitrogens is 1. The Bertz CT molecular complexity index is 1100. The molecule has 4 aromatic rings. The van der Waals surface area contributed by atoms with Crippen molar-refractivity contribution < 1.29 is 4.21 Å². The lowest BCUT2D eigenvalue weighted by Crippen LogP contribution is -2.06. The van der Waals surface area contributed by atoms with Crippen molar-refractivity contribution in [2.45, 2.75) is 4.90 Å². The van der Waals surface area contributed by atoms with E-state index in [1.807, 2.05) is 24.3 Å². The molecule has 0 bridgehead atoms. The highest BCUT2D eigenvalue weighted by molar-refractivity contribution is 7.82. The molecule has 2 aromatic heterocycles. The van der Waals surface area contributed by atoms with Crippen LogP contribution in [0.25, 0.3) is 33.4 Å². The zero-order valence-corrected chi connectivity index (χ0v) is 13.7. The van der Waals surface area contributed by atoms with Crippen molar-refractivity contribution in [2.75, 3.05) is 5.73 Å². The lowest BCUT2D eigenvalue weighted by Gasteiger charge is -2.12. The van der Waals surface area contributed by atoms with Gasteiger partial charge in [-0.3, -0.25) is 4.98 Å². The third-order valence-corrected chi connectivity index (χ3v) is 4.67. The van der Waals surface area contributed by atoms with Gasteiger partial charge in [-0.1, -0.05) is 18.2 Å². The van der Waals surface area contributed by atoms with Crippen LogP contribution in [-0.4, -0.2) is 29.8 Å². The van der Waals surface area contributed by atoms with Gasteiger partial charge in [0.05, 0.1) is 10.4 Å². The van der Waals surface area contributed by atoms with Crippen LogP contribution in [0.15, 0.2) is 53.6 Å². The molecular weight excluding hydrogens is 338 g/mol. The minimum absolute atomic E-state index is 0.323. The molecule has 25 heavy (non-hydrogen) atoms. The number of nitrogens with one attached hydrogen (secondary N) is 1. The van der Waals surface area contributed by atoms with Crippen molar-refractivity contribution in [1.29, 1.82) is 0 Å². The van der Waals surface area contributed by atoms with Gasteiger partial charge in [0.25, 0.3) is 0 Å². The number of nitrogens with two attached hydrogens (primary N) is 2. The zero-order chi connectivity index (χ0) is 17.4. The van der Waals surface area contributed by atoms with E-state index in [1.165, 1.54) is 0 Å². The van der Waals surface area contributed by atoms with E-state index in [0.29, 0.717) is 22.0 Å². The Labute approximate surface area is 144 Å². The molecule has 1 atom stereocenters. The smallest absolute Gasteiger partial charge is 0.206 e. The average molecular weight is 351 g/mol. The van der Waals surface area contributed by atoms with Crippen molar-refractivity contribution >= 4 is 27.6 Å². The molecule has 124 valence electrons. The second-order valence-corrected chi connectivity index (χ2v) is 6.38. The topological polar surface area (TPSA) is 136 Å². The van der Waals surface area contributed by atoms with Crippen LogP contribution in [0.3, 0.4) is 0 Å². The Kier molecular flexibility index (Phi) is 3.71. The molecule has 0 saturated heterocycles. The van der Waals surface area contributed by atoms with Crippen LogP contribution in [0.2, 0.25) is 0 Å². The number of tetrazole rings is 1. The summed E-state index contributed by atoms with van der Waals surface area (Å²) in [5.74, 6) is 0.323. The molecule has 0 aliphatic heterocycles. The predicted molar refractivity (Wildman–Crippen MR) is 95.4 cm³/mol. The number of benzene rings is 2. The molecule has 8 nitrogen and oxygen atoms in total. The predicted octanol–water partition coefficient (Wildman–Crippen LogP) is 1.65. The first-order valence-corrected chi connectivity index (χ1v) is 8.54. The summed E-state index contributed by atoms with van der Waals surface area (Å²) in [4.78, 5) is 4.74. The summed E-state index contributed by atoms with van der Waals surface area (Å²) in [6.07, 6.45) is 1.67. The molecule has 0 spiro atoms. The molecule has 0 amide bonds. The van der Waals surface area contributed by atoms with E-state index in [4.69, 9.17) is 10.9 Å². The van der Waals surface area contributed by atoms with Gasteiger partial charge in [-0.15, -0.1) is 10.2 Å². The highest BCUT2D eigenvalue weighted by Crippen LogP contribution is 2.35. The van der Waals surface area contributed by atoms with E-state index in [9.17, 15) is 4.21 Å². The van der Waals surface area contributed by atoms with Crippen molar-refractivity contribution in [3.8, 4) is 22.5 Å². The summed E-state index contributed by atoms with van der Waals surface area (Å²) in [5.41, 5.74) is 9.70. The van der Waals surface area contributed by atoms with Gasteiger partial charge in [-0.2, -0.15) is 5.21 Å². The number of hydrogen-bond acceptors (Lipinski definition) is 6. The van der Waals surface area contributed by atoms with E-state index >= 15 is 0 Å². The van der Waals surface area contributed by atoms with Gasteiger partial charge in [0, 0.05) is 22.8 Å². The van der Waals surface area contributed by atoms with Gasteiger partial charge in [-0.05, 0) is 40.6 Å². The second-order valence-electron chi connectivity index (χ2n) is 5.34. The number of fused-ring (bicyclic) bond motifs is 1. The number of aromatic amines is 1. The van der Waals surface area contributed by atoms with Crippen LogP contribution in [0, 0.1) is 0 Å². The molecule has 2 heterocycles. The maximum atomic E-state index is 12.0. The molecule has 5 N–H and O–H groups in total. The number of nitrogen functional groups attached to an aromatic ring is 1. The standard InChI is InChI=1S/C16H13N7OS/c17-12-6-7-19-13-5-4-9(8-11(12)13)10-2-1-3-14(25(18)24)15(10)16-20-22-23-21-16/h1-8H,18H2,(H2,17,19)(H,20,21,22,23). The number of nitrogens with zero attached hydrogens (tertiary/aromatic N) is 4. The number of rotatable bonds is 3. The second kappa shape index (κ2) is 6.04. The molecule has 0 saturated carbocycles. The molecule has 0 aliphatic carbocycles. The fourth-order valence-electron chi connectivity index (χ4n) is 2.77. The summed E-state index contributed by atoms with van der Waals surface area (Å²) in [5, 5.41) is 20.5. The monoisotopic (exact) mass is 351 g/mol. The summed E-state index contributed by atoms with van der Waals surface area (Å²) in [7, 11) is -1.70.